The summed E-state index contributed by atoms with van der Waals surface area (Å²) in [5, 5.41) is 23.2. The fourth-order valence-corrected chi connectivity index (χ4v) is 1.43. The van der Waals surface area contributed by atoms with Gasteiger partial charge in [0.1, 0.15) is 0 Å². The third-order valence-corrected chi connectivity index (χ3v) is 2.47. The number of rotatable bonds is 7. The normalized spacial score (nSPS) is 11.9. The van der Waals surface area contributed by atoms with Crippen LogP contribution in [0.25, 0.3) is 0 Å². The van der Waals surface area contributed by atoms with Crippen molar-refractivity contribution in [3.8, 4) is 5.75 Å². The first-order valence-electron chi connectivity index (χ1n) is 5.91. The van der Waals surface area contributed by atoms with Gasteiger partial charge in [-0.25, -0.2) is 0 Å². The van der Waals surface area contributed by atoms with E-state index in [9.17, 15) is 15.2 Å². The second kappa shape index (κ2) is 6.80. The van der Waals surface area contributed by atoms with Crippen LogP contribution in [0.1, 0.15) is 20.3 Å². The maximum atomic E-state index is 10.8. The molecule has 2 N–H and O–H groups in total. The number of hydrogen-bond acceptors (Lipinski definition) is 5. The smallest absolute Gasteiger partial charge is 0.311 e. The van der Waals surface area contributed by atoms with Gasteiger partial charge >= 0.3 is 5.69 Å². The molecule has 0 saturated carbocycles. The molecule has 0 aliphatic rings. The van der Waals surface area contributed by atoms with E-state index >= 15 is 0 Å². The fraction of sp³-hybridized carbons (Fsp3) is 0.500. The number of nitrogens with zero attached hydrogens (tertiary/aromatic N) is 1. The molecule has 0 aliphatic carbocycles. The van der Waals surface area contributed by atoms with E-state index in [1.165, 1.54) is 6.07 Å². The van der Waals surface area contributed by atoms with Crippen LogP contribution in [-0.4, -0.2) is 29.3 Å². The van der Waals surface area contributed by atoms with Crippen LogP contribution in [0.3, 0.4) is 0 Å². The molecule has 0 aliphatic heterocycles. The van der Waals surface area contributed by atoms with Crippen LogP contribution in [0, 0.1) is 10.1 Å². The van der Waals surface area contributed by atoms with E-state index < -0.39 is 11.0 Å². The zero-order valence-electron chi connectivity index (χ0n) is 10.5. The molecule has 0 saturated heterocycles. The summed E-state index contributed by atoms with van der Waals surface area (Å²) in [5.41, 5.74) is 0.634. The van der Waals surface area contributed by atoms with Crippen molar-refractivity contribution in [2.75, 3.05) is 18.5 Å². The fourth-order valence-electron chi connectivity index (χ4n) is 1.43. The van der Waals surface area contributed by atoms with Gasteiger partial charge in [0.15, 0.2) is 5.75 Å². The summed E-state index contributed by atoms with van der Waals surface area (Å²) >= 11 is 0. The van der Waals surface area contributed by atoms with Crippen molar-refractivity contribution in [1.82, 2.24) is 0 Å². The highest BCUT2D eigenvalue weighted by Crippen LogP contribution is 2.30. The van der Waals surface area contributed by atoms with E-state index in [0.717, 1.165) is 0 Å². The van der Waals surface area contributed by atoms with Crippen LogP contribution in [-0.2, 0) is 0 Å². The van der Waals surface area contributed by atoms with Gasteiger partial charge in [0, 0.05) is 24.4 Å². The Labute approximate surface area is 106 Å². The van der Waals surface area contributed by atoms with Gasteiger partial charge in [-0.1, -0.05) is 6.92 Å². The van der Waals surface area contributed by atoms with E-state index in [-0.39, 0.29) is 11.4 Å². The van der Waals surface area contributed by atoms with Crippen molar-refractivity contribution in [1.29, 1.82) is 0 Å². The highest BCUT2D eigenvalue weighted by atomic mass is 16.6. The Morgan fingerprint density at radius 3 is 2.78 bits per heavy atom. The largest absolute Gasteiger partial charge is 0.487 e. The van der Waals surface area contributed by atoms with Gasteiger partial charge < -0.3 is 15.2 Å². The molecular weight excluding hydrogens is 236 g/mol. The Morgan fingerprint density at radius 1 is 1.50 bits per heavy atom. The molecular formula is C12H18N2O4. The van der Waals surface area contributed by atoms with Crippen molar-refractivity contribution >= 4 is 11.4 Å². The van der Waals surface area contributed by atoms with Gasteiger partial charge in [0.25, 0.3) is 0 Å². The molecule has 1 unspecified atom stereocenters. The number of hydrogen-bond donors (Lipinski definition) is 2. The van der Waals surface area contributed by atoms with E-state index in [1.807, 2.05) is 6.92 Å². The summed E-state index contributed by atoms with van der Waals surface area (Å²) in [7, 11) is 0. The van der Waals surface area contributed by atoms with Gasteiger partial charge in [-0.05, 0) is 19.4 Å². The van der Waals surface area contributed by atoms with Gasteiger partial charge in [0.2, 0.25) is 0 Å². The lowest BCUT2D eigenvalue weighted by Gasteiger charge is -2.12. The average molecular weight is 254 g/mol. The molecule has 0 radical (unpaired) electrons. The number of nitrogens with one attached hydrogen (secondary N) is 1. The van der Waals surface area contributed by atoms with Crippen molar-refractivity contribution in [2.45, 2.75) is 26.4 Å². The molecule has 0 heterocycles. The monoisotopic (exact) mass is 254 g/mol. The molecule has 1 rings (SSSR count). The molecule has 1 aromatic rings. The van der Waals surface area contributed by atoms with Crippen LogP contribution in [0.4, 0.5) is 11.4 Å². The first-order chi connectivity index (χ1) is 8.58. The van der Waals surface area contributed by atoms with Gasteiger partial charge in [-0.3, -0.25) is 10.1 Å². The lowest BCUT2D eigenvalue weighted by atomic mass is 10.2. The van der Waals surface area contributed by atoms with Crippen LogP contribution in [0.2, 0.25) is 0 Å². The molecule has 1 aromatic carbocycles. The number of aliphatic hydroxyl groups excluding tert-OH is 1. The summed E-state index contributed by atoms with van der Waals surface area (Å²) in [5.74, 6) is 0.235. The number of nitro benzene ring substituents is 1. The summed E-state index contributed by atoms with van der Waals surface area (Å²) in [6.45, 7) is 4.42. The van der Waals surface area contributed by atoms with Crippen molar-refractivity contribution < 1.29 is 14.8 Å². The Kier molecular flexibility index (Phi) is 5.38. The van der Waals surface area contributed by atoms with E-state index in [2.05, 4.69) is 5.32 Å². The lowest BCUT2D eigenvalue weighted by molar-refractivity contribution is -0.385. The highest BCUT2D eigenvalue weighted by Gasteiger charge is 2.15. The molecule has 18 heavy (non-hydrogen) atoms. The van der Waals surface area contributed by atoms with Crippen LogP contribution in [0.15, 0.2) is 18.2 Å². The quantitative estimate of drug-likeness (QED) is 0.575. The molecule has 6 nitrogen and oxygen atoms in total. The first kappa shape index (κ1) is 14.2. The Balaban J connectivity index is 2.82. The zero-order valence-corrected chi connectivity index (χ0v) is 10.5. The van der Waals surface area contributed by atoms with Gasteiger partial charge in [-0.2, -0.15) is 0 Å². The minimum Gasteiger partial charge on any atom is -0.487 e. The first-order valence-corrected chi connectivity index (χ1v) is 5.91. The van der Waals surface area contributed by atoms with Crippen LogP contribution >= 0.6 is 0 Å². The molecule has 6 heteroatoms. The number of nitro groups is 1. The summed E-state index contributed by atoms with van der Waals surface area (Å²) < 4.78 is 5.23. The number of aliphatic hydroxyl groups is 1. The van der Waals surface area contributed by atoms with E-state index in [4.69, 9.17) is 4.74 Å². The van der Waals surface area contributed by atoms with Crippen LogP contribution in [0.5, 0.6) is 5.75 Å². The topological polar surface area (TPSA) is 84.6 Å². The van der Waals surface area contributed by atoms with E-state index in [1.54, 1.807) is 19.1 Å². The Morgan fingerprint density at radius 2 is 2.22 bits per heavy atom. The molecule has 0 amide bonds. The van der Waals surface area contributed by atoms with Gasteiger partial charge in [0.05, 0.1) is 17.6 Å². The summed E-state index contributed by atoms with van der Waals surface area (Å²) in [4.78, 5) is 10.3. The minimum atomic E-state index is -0.477. The molecule has 0 bridgehead atoms. The van der Waals surface area contributed by atoms with Gasteiger partial charge in [-0.15, -0.1) is 0 Å². The second-order valence-corrected chi connectivity index (χ2v) is 3.82. The summed E-state index contributed by atoms with van der Waals surface area (Å²) in [6, 6.07) is 4.57. The lowest BCUT2D eigenvalue weighted by Crippen LogP contribution is -2.18. The SMILES string of the molecule is CCOc1cc(NCC(O)CC)ccc1[N+](=O)[O-]. The van der Waals surface area contributed by atoms with E-state index in [0.29, 0.717) is 25.3 Å². The third-order valence-electron chi connectivity index (χ3n) is 2.47. The standard InChI is InChI=1S/C12H18N2O4/c1-3-10(15)8-13-9-5-6-11(14(16)17)12(7-9)18-4-2/h5-7,10,13,15H,3-4,8H2,1-2H3. The molecule has 0 spiro atoms. The van der Waals surface area contributed by atoms with Crippen molar-refractivity contribution in [3.05, 3.63) is 28.3 Å². The number of ether oxygens (including phenoxy) is 1. The minimum absolute atomic E-state index is 0.0570. The maximum Gasteiger partial charge on any atom is 0.311 e. The Bertz CT molecular complexity index is 409. The zero-order chi connectivity index (χ0) is 13.5. The number of benzene rings is 1. The molecule has 1 atom stereocenters. The van der Waals surface area contributed by atoms with Crippen LogP contribution < -0.4 is 10.1 Å². The second-order valence-electron chi connectivity index (χ2n) is 3.82. The molecule has 100 valence electrons. The highest BCUT2D eigenvalue weighted by molar-refractivity contribution is 5.58. The predicted molar refractivity (Wildman–Crippen MR) is 69.1 cm³/mol. The molecule has 0 fully saturated rings. The predicted octanol–water partition coefficient (Wildman–Crippen LogP) is 2.18. The maximum absolute atomic E-state index is 10.8. The Hall–Kier alpha value is -1.82. The van der Waals surface area contributed by atoms with Crippen molar-refractivity contribution in [2.24, 2.45) is 0 Å². The number of anilines is 1. The van der Waals surface area contributed by atoms with Crippen molar-refractivity contribution in [3.63, 3.8) is 0 Å². The average Bonchev–Trinajstić information content (AvgIpc) is 2.36. The third kappa shape index (κ3) is 3.89. The summed E-state index contributed by atoms with van der Waals surface area (Å²) in [6.07, 6.45) is 0.217. The molecule has 0 aromatic heterocycles.